The molecule has 4 aromatic heterocycles. The van der Waals surface area contributed by atoms with Gasteiger partial charge in [-0.3, -0.25) is 0 Å². The fraction of sp³-hybridized carbons (Fsp3) is 0. The van der Waals surface area contributed by atoms with E-state index in [4.69, 9.17) is 9.40 Å². The van der Waals surface area contributed by atoms with Crippen molar-refractivity contribution in [2.24, 2.45) is 0 Å². The zero-order valence-electron chi connectivity index (χ0n) is 22.2. The third-order valence-electron chi connectivity index (χ3n) is 8.45. The molecule has 0 unspecified atom stereocenters. The zero-order chi connectivity index (χ0) is 27.4. The van der Waals surface area contributed by atoms with Crippen LogP contribution in [0.1, 0.15) is 0 Å². The second kappa shape index (κ2) is 8.29. The normalized spacial score (nSPS) is 12.3. The highest BCUT2D eigenvalue weighted by Crippen LogP contribution is 2.47. The van der Waals surface area contributed by atoms with Gasteiger partial charge < -0.3 is 8.98 Å². The topological polar surface area (TPSA) is 31.0 Å². The molecule has 0 aliphatic carbocycles. The van der Waals surface area contributed by atoms with Gasteiger partial charge in [-0.15, -0.1) is 22.7 Å². The summed E-state index contributed by atoms with van der Waals surface area (Å²) in [5.41, 5.74) is 7.65. The van der Waals surface area contributed by atoms with Gasteiger partial charge in [0.15, 0.2) is 0 Å². The summed E-state index contributed by atoms with van der Waals surface area (Å²) in [6, 6.07) is 43.2. The molecule has 42 heavy (non-hydrogen) atoms. The first kappa shape index (κ1) is 22.7. The molecule has 4 heterocycles. The number of benzene rings is 6. The molecule has 5 heteroatoms. The molecule has 0 saturated heterocycles. The number of hydrogen-bond donors (Lipinski definition) is 0. The van der Waals surface area contributed by atoms with Gasteiger partial charge in [-0.2, -0.15) is 0 Å². The Labute approximate surface area is 247 Å². The van der Waals surface area contributed by atoms with Gasteiger partial charge in [-0.1, -0.05) is 72.8 Å². The minimum Gasteiger partial charge on any atom is -0.456 e. The Bertz CT molecular complexity index is 2650. The number of aromatic nitrogens is 2. The van der Waals surface area contributed by atoms with Crippen LogP contribution in [-0.4, -0.2) is 9.55 Å². The molecule has 6 aromatic carbocycles. The van der Waals surface area contributed by atoms with E-state index < -0.39 is 0 Å². The van der Waals surface area contributed by atoms with Crippen molar-refractivity contribution in [3.8, 4) is 16.3 Å². The molecule has 0 N–H and O–H groups in total. The van der Waals surface area contributed by atoms with E-state index in [1.165, 1.54) is 57.9 Å². The van der Waals surface area contributed by atoms with Crippen molar-refractivity contribution >= 4 is 96.8 Å². The molecule has 0 amide bonds. The highest BCUT2D eigenvalue weighted by molar-refractivity contribution is 7.26. The van der Waals surface area contributed by atoms with E-state index in [9.17, 15) is 0 Å². The summed E-state index contributed by atoms with van der Waals surface area (Å²) in [6.07, 6.45) is 0. The molecule has 0 aliphatic heterocycles. The Morgan fingerprint density at radius 3 is 2.02 bits per heavy atom. The Morgan fingerprint density at radius 2 is 1.21 bits per heavy atom. The van der Waals surface area contributed by atoms with E-state index in [1.54, 1.807) is 11.3 Å². The fourth-order valence-corrected chi connectivity index (χ4v) is 9.04. The summed E-state index contributed by atoms with van der Waals surface area (Å²) in [5.74, 6) is 0. The van der Waals surface area contributed by atoms with Crippen molar-refractivity contribution < 1.29 is 4.42 Å². The third-order valence-corrected chi connectivity index (χ3v) is 10.8. The minimum atomic E-state index is 0.909. The first-order valence-corrected chi connectivity index (χ1v) is 15.6. The highest BCUT2D eigenvalue weighted by atomic mass is 32.1. The van der Waals surface area contributed by atoms with Gasteiger partial charge in [0.2, 0.25) is 0 Å². The number of thiazole rings is 1. The molecule has 0 bridgehead atoms. The maximum atomic E-state index is 6.20. The summed E-state index contributed by atoms with van der Waals surface area (Å²) in [5, 5.41) is 8.41. The van der Waals surface area contributed by atoms with Crippen LogP contribution < -0.4 is 0 Å². The lowest BCUT2D eigenvalue weighted by atomic mass is 10.1. The lowest BCUT2D eigenvalue weighted by molar-refractivity contribution is 0.669. The smallest absolute Gasteiger partial charge is 0.137 e. The predicted molar refractivity (Wildman–Crippen MR) is 180 cm³/mol. The van der Waals surface area contributed by atoms with E-state index in [-0.39, 0.29) is 0 Å². The van der Waals surface area contributed by atoms with Crippen LogP contribution in [0.3, 0.4) is 0 Å². The van der Waals surface area contributed by atoms with Gasteiger partial charge in [-0.05, 0) is 48.5 Å². The molecular weight excluding hydrogens is 553 g/mol. The van der Waals surface area contributed by atoms with Crippen LogP contribution in [0.15, 0.2) is 126 Å². The van der Waals surface area contributed by atoms with Crippen LogP contribution in [-0.2, 0) is 0 Å². The highest BCUT2D eigenvalue weighted by Gasteiger charge is 2.21. The van der Waals surface area contributed by atoms with Gasteiger partial charge >= 0.3 is 0 Å². The average molecular weight is 573 g/mol. The molecule has 10 aromatic rings. The molecule has 10 rings (SSSR count). The van der Waals surface area contributed by atoms with E-state index in [2.05, 4.69) is 114 Å². The van der Waals surface area contributed by atoms with E-state index in [1.807, 2.05) is 23.5 Å². The standard InChI is InChI=1S/C37H20N2OS2/c1-5-13-27-21(9-1)22-10-2-6-14-28(22)39(27)29-19-17-25(33-24-12-4-8-16-32(24)41-36(29)33)37-38-26-18-20-31-34(35(26)42-37)23-11-3-7-15-30(23)40-31/h1-20H. The van der Waals surface area contributed by atoms with Crippen molar-refractivity contribution in [3.05, 3.63) is 121 Å². The van der Waals surface area contributed by atoms with Crippen molar-refractivity contribution in [2.45, 2.75) is 0 Å². The molecule has 0 radical (unpaired) electrons. The van der Waals surface area contributed by atoms with Crippen molar-refractivity contribution in [3.63, 3.8) is 0 Å². The van der Waals surface area contributed by atoms with Crippen LogP contribution in [0.25, 0.3) is 90.4 Å². The summed E-state index contributed by atoms with van der Waals surface area (Å²) >= 11 is 3.63. The fourth-order valence-electron chi connectivity index (χ4n) is 6.66. The van der Waals surface area contributed by atoms with E-state index >= 15 is 0 Å². The third kappa shape index (κ3) is 2.96. The second-order valence-electron chi connectivity index (χ2n) is 10.7. The maximum absolute atomic E-state index is 6.20. The van der Waals surface area contributed by atoms with Crippen LogP contribution in [0.5, 0.6) is 0 Å². The largest absolute Gasteiger partial charge is 0.456 e. The SMILES string of the molecule is c1ccc2c(c1)oc1ccc3nc(-c4ccc(-n5c6ccccc6c6ccccc65)c5sc6ccccc6c45)sc3c12. The summed E-state index contributed by atoms with van der Waals surface area (Å²) < 4.78 is 12.4. The molecule has 0 saturated carbocycles. The summed E-state index contributed by atoms with van der Waals surface area (Å²) in [6.45, 7) is 0. The Morgan fingerprint density at radius 1 is 0.524 bits per heavy atom. The number of nitrogens with zero attached hydrogens (tertiary/aromatic N) is 2. The monoisotopic (exact) mass is 572 g/mol. The number of rotatable bonds is 2. The Hall–Kier alpha value is -4.97. The van der Waals surface area contributed by atoms with E-state index in [0.29, 0.717) is 0 Å². The van der Waals surface area contributed by atoms with Crippen LogP contribution in [0, 0.1) is 0 Å². The van der Waals surface area contributed by atoms with E-state index in [0.717, 1.165) is 32.5 Å². The molecule has 0 aliphatic rings. The lowest BCUT2D eigenvalue weighted by Crippen LogP contribution is -1.94. The van der Waals surface area contributed by atoms with Gasteiger partial charge in [0, 0.05) is 42.6 Å². The molecule has 0 fully saturated rings. The molecule has 0 atom stereocenters. The molecule has 3 nitrogen and oxygen atoms in total. The number of fused-ring (bicyclic) bond motifs is 11. The van der Waals surface area contributed by atoms with Crippen LogP contribution in [0.4, 0.5) is 0 Å². The quantitative estimate of drug-likeness (QED) is 0.206. The Kier molecular flexibility index (Phi) is 4.48. The van der Waals surface area contributed by atoms with Gasteiger partial charge in [0.25, 0.3) is 0 Å². The first-order valence-electron chi connectivity index (χ1n) is 14.0. The van der Waals surface area contributed by atoms with Crippen molar-refractivity contribution in [1.82, 2.24) is 9.55 Å². The van der Waals surface area contributed by atoms with Gasteiger partial charge in [0.05, 0.1) is 31.6 Å². The first-order chi connectivity index (χ1) is 20.8. The van der Waals surface area contributed by atoms with Crippen LogP contribution >= 0.6 is 22.7 Å². The van der Waals surface area contributed by atoms with Gasteiger partial charge in [0.1, 0.15) is 16.2 Å². The predicted octanol–water partition coefficient (Wildman–Crippen LogP) is 11.3. The summed E-state index contributed by atoms with van der Waals surface area (Å²) in [7, 11) is 0. The number of thiophene rings is 1. The molecule has 196 valence electrons. The number of furan rings is 1. The Balaban J connectivity index is 1.31. The minimum absolute atomic E-state index is 0.909. The molecule has 0 spiro atoms. The number of hydrogen-bond acceptors (Lipinski definition) is 4. The van der Waals surface area contributed by atoms with Gasteiger partial charge in [-0.25, -0.2) is 4.98 Å². The second-order valence-corrected chi connectivity index (χ2v) is 12.8. The average Bonchev–Trinajstić information content (AvgIpc) is 3.80. The van der Waals surface area contributed by atoms with Crippen LogP contribution in [0.2, 0.25) is 0 Å². The number of para-hydroxylation sites is 3. The molecular formula is C37H20N2OS2. The van der Waals surface area contributed by atoms with Crippen molar-refractivity contribution in [2.75, 3.05) is 0 Å². The summed E-state index contributed by atoms with van der Waals surface area (Å²) in [4.78, 5) is 5.22. The lowest BCUT2D eigenvalue weighted by Gasteiger charge is -2.11. The van der Waals surface area contributed by atoms with Crippen molar-refractivity contribution in [1.29, 1.82) is 0 Å². The maximum Gasteiger partial charge on any atom is 0.137 e. The zero-order valence-corrected chi connectivity index (χ0v) is 23.8.